The van der Waals surface area contributed by atoms with E-state index >= 15 is 0 Å². The molecule has 2 atom stereocenters. The molecule has 2 aliphatic carbocycles. The Bertz CT molecular complexity index is 1000. The summed E-state index contributed by atoms with van der Waals surface area (Å²) in [5.74, 6) is 0.218. The molecule has 0 spiro atoms. The fourth-order valence-electron chi connectivity index (χ4n) is 6.67. The van der Waals surface area contributed by atoms with Gasteiger partial charge in [0.1, 0.15) is 0 Å². The van der Waals surface area contributed by atoms with E-state index in [1.807, 2.05) is 0 Å². The van der Waals surface area contributed by atoms with E-state index in [4.69, 9.17) is 0 Å². The van der Waals surface area contributed by atoms with Crippen LogP contribution in [0.1, 0.15) is 147 Å². The lowest BCUT2D eigenvalue weighted by Gasteiger charge is -2.54. The van der Waals surface area contributed by atoms with Crippen LogP contribution in [0.2, 0.25) is 0 Å². The largest absolute Gasteiger partial charge is 0.217 e. The molecule has 2 rings (SSSR count). The summed E-state index contributed by atoms with van der Waals surface area (Å²) in [5.41, 5.74) is -2.67. The highest BCUT2D eigenvalue weighted by Gasteiger charge is 2.54. The standard InChI is InChI=1S/C32H62N2O4S2/c1-27(2,3)31(25-19-15-13-16-20-25,33-39(35,36)29(7,8)9)23-24-32(28(4,5)6,26-21-17-14-18-22-26)34-40(37,38)30(10,11)12/h23-26,33-34H,13-22H2,1-12H3/b24-23+/t31-,32-/m1/s1. The summed E-state index contributed by atoms with van der Waals surface area (Å²) >= 11 is 0. The fraction of sp³-hybridized carbons (Fsp3) is 0.938. The van der Waals surface area contributed by atoms with Crippen LogP contribution in [-0.2, 0) is 20.0 Å². The first kappa shape index (κ1) is 35.8. The molecule has 2 fully saturated rings. The van der Waals surface area contributed by atoms with Gasteiger partial charge in [-0.1, -0.05) is 92.2 Å². The SMILES string of the molecule is CC(C)(C)[C@](/C=C/[C@@](NS(=O)(=O)C(C)(C)C)(C1CCCCC1)C(C)(C)C)(NS(=O)(=O)C(C)(C)C)C1CCCCC1. The van der Waals surface area contributed by atoms with E-state index in [0.717, 1.165) is 64.2 Å². The van der Waals surface area contributed by atoms with Crippen LogP contribution in [0.3, 0.4) is 0 Å². The molecule has 0 amide bonds. The smallest absolute Gasteiger partial charge is 0.212 e. The van der Waals surface area contributed by atoms with E-state index in [1.54, 1.807) is 41.5 Å². The Balaban J connectivity index is 2.93. The van der Waals surface area contributed by atoms with E-state index in [1.165, 1.54) is 0 Å². The van der Waals surface area contributed by atoms with Crippen LogP contribution in [0.25, 0.3) is 0 Å². The minimum Gasteiger partial charge on any atom is -0.212 e. The second-order valence-corrected chi connectivity index (χ2v) is 21.5. The summed E-state index contributed by atoms with van der Waals surface area (Å²) < 4.78 is 60.1. The number of hydrogen-bond acceptors (Lipinski definition) is 4. The number of sulfonamides is 2. The first-order chi connectivity index (χ1) is 17.8. The molecule has 0 aromatic carbocycles. The average Bonchev–Trinajstić information content (AvgIpc) is 2.78. The number of hydrogen-bond donors (Lipinski definition) is 2. The summed E-state index contributed by atoms with van der Waals surface area (Å²) in [4.78, 5) is 0. The summed E-state index contributed by atoms with van der Waals surface area (Å²) in [6.45, 7) is 23.2. The Morgan fingerprint density at radius 2 is 0.725 bits per heavy atom. The van der Waals surface area contributed by atoms with Crippen molar-refractivity contribution >= 4 is 20.0 Å². The molecular weight excluding hydrogens is 540 g/mol. The van der Waals surface area contributed by atoms with Gasteiger partial charge in [0.05, 0.1) is 20.6 Å². The molecule has 40 heavy (non-hydrogen) atoms. The van der Waals surface area contributed by atoms with Crippen LogP contribution in [0.4, 0.5) is 0 Å². The molecule has 0 aromatic heterocycles. The van der Waals surface area contributed by atoms with Gasteiger partial charge in [-0.25, -0.2) is 26.3 Å². The van der Waals surface area contributed by atoms with Crippen LogP contribution in [-0.4, -0.2) is 37.4 Å². The van der Waals surface area contributed by atoms with Crippen molar-refractivity contribution in [3.63, 3.8) is 0 Å². The van der Waals surface area contributed by atoms with Crippen molar-refractivity contribution in [3.05, 3.63) is 12.2 Å². The lowest BCUT2D eigenvalue weighted by molar-refractivity contribution is 0.0950. The highest BCUT2D eigenvalue weighted by Crippen LogP contribution is 2.49. The normalized spacial score (nSPS) is 23.2. The zero-order valence-electron chi connectivity index (χ0n) is 27.8. The lowest BCUT2D eigenvalue weighted by atomic mass is 9.59. The molecule has 6 nitrogen and oxygen atoms in total. The lowest BCUT2D eigenvalue weighted by Crippen LogP contribution is -2.65. The molecule has 0 unspecified atom stereocenters. The van der Waals surface area contributed by atoms with Crippen molar-refractivity contribution < 1.29 is 16.8 Å². The van der Waals surface area contributed by atoms with Crippen molar-refractivity contribution in [3.8, 4) is 0 Å². The molecule has 0 heterocycles. The van der Waals surface area contributed by atoms with Crippen molar-refractivity contribution in [2.75, 3.05) is 0 Å². The van der Waals surface area contributed by atoms with Gasteiger partial charge in [-0.2, -0.15) is 0 Å². The predicted molar refractivity (Wildman–Crippen MR) is 170 cm³/mol. The maximum absolute atomic E-state index is 13.9. The first-order valence-electron chi connectivity index (χ1n) is 15.6. The maximum atomic E-state index is 13.9. The zero-order chi connectivity index (χ0) is 31.1. The van der Waals surface area contributed by atoms with Gasteiger partial charge in [0.2, 0.25) is 20.0 Å². The molecule has 2 aliphatic rings. The van der Waals surface area contributed by atoms with Gasteiger partial charge in [-0.05, 0) is 89.9 Å². The van der Waals surface area contributed by atoms with Crippen LogP contribution in [0.5, 0.6) is 0 Å². The molecule has 2 saturated carbocycles. The second kappa shape index (κ2) is 11.9. The van der Waals surface area contributed by atoms with Crippen molar-refractivity contribution in [1.29, 1.82) is 0 Å². The maximum Gasteiger partial charge on any atom is 0.217 e. The van der Waals surface area contributed by atoms with Gasteiger partial charge in [0, 0.05) is 0 Å². The minimum absolute atomic E-state index is 0.109. The number of rotatable bonds is 8. The molecule has 0 aromatic rings. The van der Waals surface area contributed by atoms with Gasteiger partial charge in [-0.3, -0.25) is 0 Å². The van der Waals surface area contributed by atoms with E-state index in [2.05, 4.69) is 63.1 Å². The Labute approximate surface area is 248 Å². The van der Waals surface area contributed by atoms with Crippen molar-refractivity contribution in [2.24, 2.45) is 22.7 Å². The van der Waals surface area contributed by atoms with Crippen molar-refractivity contribution in [2.45, 2.75) is 168 Å². The monoisotopic (exact) mass is 602 g/mol. The van der Waals surface area contributed by atoms with Crippen LogP contribution < -0.4 is 9.44 Å². The van der Waals surface area contributed by atoms with Gasteiger partial charge in [-0.15, -0.1) is 0 Å². The second-order valence-electron chi connectivity index (χ2n) is 16.7. The van der Waals surface area contributed by atoms with E-state index in [9.17, 15) is 16.8 Å². The van der Waals surface area contributed by atoms with Crippen LogP contribution in [0.15, 0.2) is 12.2 Å². The molecule has 0 saturated heterocycles. The van der Waals surface area contributed by atoms with Gasteiger partial charge < -0.3 is 0 Å². The minimum atomic E-state index is -3.71. The van der Waals surface area contributed by atoms with Crippen molar-refractivity contribution in [1.82, 2.24) is 9.44 Å². The summed E-state index contributed by atoms with van der Waals surface area (Å²) in [7, 11) is -7.43. The van der Waals surface area contributed by atoms with E-state index in [0.29, 0.717) is 0 Å². The first-order valence-corrected chi connectivity index (χ1v) is 18.6. The Morgan fingerprint density at radius 3 is 0.925 bits per heavy atom. The van der Waals surface area contributed by atoms with E-state index < -0.39 is 51.4 Å². The quantitative estimate of drug-likeness (QED) is 0.278. The molecule has 0 radical (unpaired) electrons. The average molecular weight is 603 g/mol. The number of nitrogens with one attached hydrogen (secondary N) is 2. The topological polar surface area (TPSA) is 92.3 Å². The Kier molecular flexibility index (Phi) is 10.7. The highest BCUT2D eigenvalue weighted by atomic mass is 32.2. The zero-order valence-corrected chi connectivity index (χ0v) is 29.5. The molecular formula is C32H62N2O4S2. The molecule has 0 aliphatic heterocycles. The van der Waals surface area contributed by atoms with Crippen LogP contribution in [0, 0.1) is 22.7 Å². The third-order valence-electron chi connectivity index (χ3n) is 9.81. The third-order valence-corrected chi connectivity index (χ3v) is 14.2. The summed E-state index contributed by atoms with van der Waals surface area (Å²) in [5, 5.41) is 0. The Morgan fingerprint density at radius 1 is 0.475 bits per heavy atom. The molecule has 236 valence electrons. The van der Waals surface area contributed by atoms with Gasteiger partial charge >= 0.3 is 0 Å². The Hall–Kier alpha value is -0.440. The molecule has 8 heteroatoms. The highest BCUT2D eigenvalue weighted by molar-refractivity contribution is 7.91. The van der Waals surface area contributed by atoms with Gasteiger partial charge in [0.25, 0.3) is 0 Å². The van der Waals surface area contributed by atoms with Gasteiger partial charge in [0.15, 0.2) is 0 Å². The molecule has 0 bridgehead atoms. The third kappa shape index (κ3) is 7.37. The summed E-state index contributed by atoms with van der Waals surface area (Å²) in [6, 6.07) is 0. The van der Waals surface area contributed by atoms with E-state index in [-0.39, 0.29) is 11.8 Å². The predicted octanol–water partition coefficient (Wildman–Crippen LogP) is 7.71. The van der Waals surface area contributed by atoms with Crippen LogP contribution >= 0.6 is 0 Å². The molecule has 2 N–H and O–H groups in total. The summed E-state index contributed by atoms with van der Waals surface area (Å²) in [6.07, 6.45) is 14.6. The fourth-order valence-corrected chi connectivity index (χ4v) is 9.25.